The lowest BCUT2D eigenvalue weighted by molar-refractivity contribution is -0.0533. The summed E-state index contributed by atoms with van der Waals surface area (Å²) in [5.41, 5.74) is 2.36. The van der Waals surface area contributed by atoms with Gasteiger partial charge in [-0.2, -0.15) is 0 Å². The molecule has 0 aromatic carbocycles. The number of hydrogen-bond acceptors (Lipinski definition) is 3. The Morgan fingerprint density at radius 2 is 2.00 bits per heavy atom. The van der Waals surface area contributed by atoms with Crippen LogP contribution in [0.3, 0.4) is 0 Å². The predicted molar refractivity (Wildman–Crippen MR) is 52.5 cm³/mol. The van der Waals surface area contributed by atoms with E-state index < -0.39 is 0 Å². The smallest absolute Gasteiger partial charge is 0.147 e. The molecule has 0 aromatic heterocycles. The fraction of sp³-hybridized carbons (Fsp3) is 0.800. The van der Waals surface area contributed by atoms with E-state index >= 15 is 0 Å². The van der Waals surface area contributed by atoms with E-state index in [0.717, 1.165) is 0 Å². The second-order valence-electron chi connectivity index (χ2n) is 3.15. The average molecular weight is 188 g/mol. The average Bonchev–Trinajstić information content (AvgIpc) is 2.13. The number of aliphatic hydroxyl groups is 1. The van der Waals surface area contributed by atoms with Crippen molar-refractivity contribution in [3.05, 3.63) is 11.1 Å². The molecule has 0 fully saturated rings. The van der Waals surface area contributed by atoms with Crippen molar-refractivity contribution in [3.8, 4) is 0 Å². The van der Waals surface area contributed by atoms with Gasteiger partial charge < -0.3 is 14.6 Å². The van der Waals surface area contributed by atoms with Crippen LogP contribution in [0, 0.1) is 0 Å². The zero-order valence-electron chi connectivity index (χ0n) is 8.96. The summed E-state index contributed by atoms with van der Waals surface area (Å²) in [7, 11) is 1.60. The molecular weight excluding hydrogens is 168 g/mol. The van der Waals surface area contributed by atoms with E-state index in [9.17, 15) is 0 Å². The maximum atomic E-state index is 8.74. The fourth-order valence-corrected chi connectivity index (χ4v) is 1.01. The van der Waals surface area contributed by atoms with Crippen molar-refractivity contribution >= 4 is 0 Å². The highest BCUT2D eigenvalue weighted by molar-refractivity contribution is 5.13. The van der Waals surface area contributed by atoms with Gasteiger partial charge in [0.15, 0.2) is 0 Å². The van der Waals surface area contributed by atoms with Gasteiger partial charge >= 0.3 is 0 Å². The van der Waals surface area contributed by atoms with Crippen LogP contribution in [0.5, 0.6) is 0 Å². The summed E-state index contributed by atoms with van der Waals surface area (Å²) < 4.78 is 10.2. The minimum Gasteiger partial charge on any atom is -0.396 e. The molecule has 0 aromatic rings. The zero-order chi connectivity index (χ0) is 10.3. The zero-order valence-corrected chi connectivity index (χ0v) is 8.96. The van der Waals surface area contributed by atoms with E-state index in [2.05, 4.69) is 0 Å². The lowest BCUT2D eigenvalue weighted by Crippen LogP contribution is -2.13. The standard InChI is InChI=1S/C10H20O3/c1-8(5-6-11)9(2)10(3)13-7-12-4/h10-11H,5-7H2,1-4H3/b9-8-. The number of ether oxygens (including phenoxy) is 2. The summed E-state index contributed by atoms with van der Waals surface area (Å²) >= 11 is 0. The van der Waals surface area contributed by atoms with Crippen LogP contribution in [0.2, 0.25) is 0 Å². The van der Waals surface area contributed by atoms with Crippen molar-refractivity contribution in [2.24, 2.45) is 0 Å². The summed E-state index contributed by atoms with van der Waals surface area (Å²) in [6.07, 6.45) is 0.776. The van der Waals surface area contributed by atoms with Crippen LogP contribution in [0.1, 0.15) is 27.2 Å². The first-order valence-corrected chi connectivity index (χ1v) is 4.51. The second kappa shape index (κ2) is 7.06. The van der Waals surface area contributed by atoms with Crippen LogP contribution < -0.4 is 0 Å². The quantitative estimate of drug-likeness (QED) is 0.509. The molecule has 0 aliphatic rings. The summed E-state index contributed by atoms with van der Waals surface area (Å²) in [5, 5.41) is 8.74. The molecule has 0 amide bonds. The number of hydrogen-bond donors (Lipinski definition) is 1. The third kappa shape index (κ3) is 5.03. The summed E-state index contributed by atoms with van der Waals surface area (Å²) in [5.74, 6) is 0. The van der Waals surface area contributed by atoms with Gasteiger partial charge in [-0.1, -0.05) is 5.57 Å². The highest BCUT2D eigenvalue weighted by Crippen LogP contribution is 2.13. The van der Waals surface area contributed by atoms with Crippen molar-refractivity contribution in [2.75, 3.05) is 20.5 Å². The summed E-state index contributed by atoms with van der Waals surface area (Å²) in [6.45, 7) is 6.52. The highest BCUT2D eigenvalue weighted by atomic mass is 16.7. The first kappa shape index (κ1) is 12.6. The molecule has 0 bridgehead atoms. The SMILES string of the molecule is COCOC(C)/C(C)=C(/C)CCO. The van der Waals surface area contributed by atoms with Crippen LogP contribution in [0.15, 0.2) is 11.1 Å². The van der Waals surface area contributed by atoms with Crippen molar-refractivity contribution in [1.29, 1.82) is 0 Å². The van der Waals surface area contributed by atoms with E-state index in [0.29, 0.717) is 13.2 Å². The van der Waals surface area contributed by atoms with Gasteiger partial charge in [0.25, 0.3) is 0 Å². The van der Waals surface area contributed by atoms with Crippen LogP contribution in [-0.4, -0.2) is 31.7 Å². The third-order valence-corrected chi connectivity index (χ3v) is 2.21. The Balaban J connectivity index is 4.04. The normalized spacial score (nSPS) is 15.5. The molecule has 0 radical (unpaired) electrons. The predicted octanol–water partition coefficient (Wildman–Crippen LogP) is 1.71. The van der Waals surface area contributed by atoms with Crippen LogP contribution in [0.25, 0.3) is 0 Å². The lowest BCUT2D eigenvalue weighted by Gasteiger charge is -2.15. The Hall–Kier alpha value is -0.380. The van der Waals surface area contributed by atoms with Crippen LogP contribution in [0.4, 0.5) is 0 Å². The Labute approximate surface area is 80.4 Å². The van der Waals surface area contributed by atoms with Gasteiger partial charge in [-0.25, -0.2) is 0 Å². The van der Waals surface area contributed by atoms with Crippen molar-refractivity contribution < 1.29 is 14.6 Å². The molecule has 0 rings (SSSR count). The summed E-state index contributed by atoms with van der Waals surface area (Å²) in [6, 6.07) is 0. The first-order chi connectivity index (χ1) is 6.13. The van der Waals surface area contributed by atoms with Gasteiger partial charge in [-0.15, -0.1) is 0 Å². The molecule has 0 aliphatic heterocycles. The molecule has 0 saturated heterocycles. The van der Waals surface area contributed by atoms with Crippen molar-refractivity contribution in [1.82, 2.24) is 0 Å². The van der Waals surface area contributed by atoms with E-state index in [1.807, 2.05) is 20.8 Å². The molecule has 3 heteroatoms. The Bertz CT molecular complexity index is 164. The molecule has 1 N–H and O–H groups in total. The summed E-state index contributed by atoms with van der Waals surface area (Å²) in [4.78, 5) is 0. The van der Waals surface area contributed by atoms with E-state index in [1.54, 1.807) is 7.11 Å². The molecule has 0 heterocycles. The number of aliphatic hydroxyl groups excluding tert-OH is 1. The Morgan fingerprint density at radius 3 is 2.46 bits per heavy atom. The molecule has 1 atom stereocenters. The first-order valence-electron chi connectivity index (χ1n) is 4.51. The molecular formula is C10H20O3. The highest BCUT2D eigenvalue weighted by Gasteiger charge is 2.06. The second-order valence-corrected chi connectivity index (χ2v) is 3.15. The monoisotopic (exact) mass is 188 g/mol. The minimum atomic E-state index is 0.0616. The molecule has 0 spiro atoms. The fourth-order valence-electron chi connectivity index (χ4n) is 1.01. The minimum absolute atomic E-state index is 0.0616. The Morgan fingerprint density at radius 1 is 1.38 bits per heavy atom. The van der Waals surface area contributed by atoms with Gasteiger partial charge in [0.1, 0.15) is 6.79 Å². The van der Waals surface area contributed by atoms with Crippen molar-refractivity contribution in [2.45, 2.75) is 33.3 Å². The van der Waals surface area contributed by atoms with Crippen LogP contribution >= 0.6 is 0 Å². The van der Waals surface area contributed by atoms with E-state index in [-0.39, 0.29) is 12.7 Å². The van der Waals surface area contributed by atoms with Gasteiger partial charge in [-0.05, 0) is 32.8 Å². The van der Waals surface area contributed by atoms with Gasteiger partial charge in [-0.3, -0.25) is 0 Å². The van der Waals surface area contributed by atoms with Crippen LogP contribution in [-0.2, 0) is 9.47 Å². The maximum absolute atomic E-state index is 8.74. The third-order valence-electron chi connectivity index (χ3n) is 2.21. The lowest BCUT2D eigenvalue weighted by atomic mass is 10.0. The Kier molecular flexibility index (Phi) is 6.86. The maximum Gasteiger partial charge on any atom is 0.147 e. The largest absolute Gasteiger partial charge is 0.396 e. The van der Waals surface area contributed by atoms with E-state index in [1.165, 1.54) is 11.1 Å². The van der Waals surface area contributed by atoms with Gasteiger partial charge in [0.05, 0.1) is 6.10 Å². The molecule has 0 saturated carbocycles. The number of methoxy groups -OCH3 is 1. The van der Waals surface area contributed by atoms with Crippen molar-refractivity contribution in [3.63, 3.8) is 0 Å². The van der Waals surface area contributed by atoms with Gasteiger partial charge in [0, 0.05) is 13.7 Å². The molecule has 1 unspecified atom stereocenters. The van der Waals surface area contributed by atoms with Gasteiger partial charge in [0.2, 0.25) is 0 Å². The topological polar surface area (TPSA) is 38.7 Å². The molecule has 13 heavy (non-hydrogen) atoms. The number of rotatable bonds is 6. The molecule has 78 valence electrons. The van der Waals surface area contributed by atoms with E-state index in [4.69, 9.17) is 14.6 Å². The molecule has 0 aliphatic carbocycles. The molecule has 3 nitrogen and oxygen atoms in total.